The first-order valence-electron chi connectivity index (χ1n) is 19.5. The van der Waals surface area contributed by atoms with E-state index in [0.29, 0.717) is 12.8 Å². The third-order valence-electron chi connectivity index (χ3n) is 8.54. The van der Waals surface area contributed by atoms with E-state index in [1.54, 1.807) is 0 Å². The lowest BCUT2D eigenvalue weighted by molar-refractivity contribution is -0.123. The molecule has 0 aliphatic heterocycles. The van der Waals surface area contributed by atoms with Gasteiger partial charge in [-0.1, -0.05) is 160 Å². The van der Waals surface area contributed by atoms with Gasteiger partial charge >= 0.3 is 7.82 Å². The van der Waals surface area contributed by atoms with Crippen molar-refractivity contribution in [2.45, 2.75) is 193 Å². The van der Waals surface area contributed by atoms with E-state index in [0.717, 1.165) is 70.6 Å². The van der Waals surface area contributed by atoms with Crippen LogP contribution in [0.25, 0.3) is 0 Å². The van der Waals surface area contributed by atoms with E-state index in [2.05, 4.69) is 43.5 Å². The van der Waals surface area contributed by atoms with Gasteiger partial charge in [-0.2, -0.15) is 0 Å². The summed E-state index contributed by atoms with van der Waals surface area (Å²) in [6.07, 6.45) is 37.5. The molecular weight excluding hydrogens is 611 g/mol. The Labute approximate surface area is 289 Å². The molecule has 3 unspecified atom stereocenters. The highest BCUT2D eigenvalue weighted by Crippen LogP contribution is 2.43. The summed E-state index contributed by atoms with van der Waals surface area (Å²) in [6, 6.07) is -0.778. The minimum atomic E-state index is -4.31. The number of phosphoric ester groups is 1. The van der Waals surface area contributed by atoms with Crippen LogP contribution in [0.1, 0.15) is 181 Å². The first-order chi connectivity index (χ1) is 22.9. The zero-order valence-electron chi connectivity index (χ0n) is 30.5. The number of hydrogen-bond donors (Lipinski definition) is 4. The van der Waals surface area contributed by atoms with Crippen molar-refractivity contribution in [3.05, 3.63) is 24.3 Å². The summed E-state index contributed by atoms with van der Waals surface area (Å²) in [4.78, 5) is 22.6. The second kappa shape index (κ2) is 34.8. The zero-order valence-corrected chi connectivity index (χ0v) is 31.4. The summed E-state index contributed by atoms with van der Waals surface area (Å²) in [5.74, 6) is -0.177. The second-order valence-electron chi connectivity index (χ2n) is 13.1. The Bertz CT molecular complexity index is 794. The van der Waals surface area contributed by atoms with Crippen molar-refractivity contribution >= 4 is 13.7 Å². The van der Waals surface area contributed by atoms with Gasteiger partial charge in [0.1, 0.15) is 0 Å². The lowest BCUT2D eigenvalue weighted by Crippen LogP contribution is -2.46. The Hall–Kier alpha value is -1.02. The second-order valence-corrected chi connectivity index (χ2v) is 14.6. The normalized spacial score (nSPS) is 14.6. The average molecular weight is 687 g/mol. The Kier molecular flexibility index (Phi) is 34.1. The maximum atomic E-state index is 12.7. The lowest BCUT2D eigenvalue weighted by atomic mass is 10.0. The molecule has 3 atom stereocenters. The number of aliphatic hydroxyl groups excluding tert-OH is 1. The highest BCUT2D eigenvalue weighted by Gasteiger charge is 2.27. The maximum absolute atomic E-state index is 12.7. The van der Waals surface area contributed by atoms with Crippen molar-refractivity contribution < 1.29 is 28.4 Å². The molecule has 5 N–H and O–H groups in total. The molecule has 0 saturated heterocycles. The number of hydrogen-bond acceptors (Lipinski definition) is 6. The van der Waals surface area contributed by atoms with Gasteiger partial charge < -0.3 is 21.1 Å². The zero-order chi connectivity index (χ0) is 34.7. The summed E-state index contributed by atoms with van der Waals surface area (Å²) in [5.41, 5.74) is 5.36. The lowest BCUT2D eigenvalue weighted by Gasteiger charge is -2.25. The topological polar surface area (TPSA) is 131 Å². The van der Waals surface area contributed by atoms with Crippen LogP contribution in [0.3, 0.4) is 0 Å². The Morgan fingerprint density at radius 2 is 1.21 bits per heavy atom. The monoisotopic (exact) mass is 687 g/mol. The molecule has 0 heterocycles. The third-order valence-corrected chi connectivity index (χ3v) is 9.52. The molecule has 47 heavy (non-hydrogen) atoms. The number of nitrogens with one attached hydrogen (secondary N) is 1. The van der Waals surface area contributed by atoms with Crippen LogP contribution in [-0.2, 0) is 18.4 Å². The molecule has 0 radical (unpaired) electrons. The molecule has 0 spiro atoms. The smallest absolute Gasteiger partial charge is 0.391 e. The van der Waals surface area contributed by atoms with E-state index >= 15 is 0 Å². The molecule has 0 aliphatic rings. The molecule has 0 saturated carbocycles. The number of carbonyl (C=O) groups excluding carboxylic acids is 1. The molecule has 1 amide bonds. The number of phosphoric acid groups is 1. The number of aliphatic hydroxyl groups is 1. The standard InChI is InChI=1S/C38H75N2O6P/c1-3-5-7-9-11-13-15-17-18-20-21-23-25-27-29-31-37(41)36(35-46-47(43,44)45-34-33-39)40-38(42)32-30-28-26-24-22-19-16-14-12-10-8-6-4-2/h8,10,14,16,36-37,41H,3-7,9,11-13,15,17-35,39H2,1-2H3,(H,40,42)(H,43,44)/b10-8-,16-14-. The van der Waals surface area contributed by atoms with E-state index in [4.69, 9.17) is 14.8 Å². The first kappa shape index (κ1) is 46.0. The predicted octanol–water partition coefficient (Wildman–Crippen LogP) is 10.2. The van der Waals surface area contributed by atoms with Gasteiger partial charge in [0.25, 0.3) is 0 Å². The van der Waals surface area contributed by atoms with Gasteiger partial charge in [-0.15, -0.1) is 0 Å². The number of unbranched alkanes of at least 4 members (excludes halogenated alkanes) is 20. The Morgan fingerprint density at radius 1 is 0.702 bits per heavy atom. The number of carbonyl (C=O) groups is 1. The van der Waals surface area contributed by atoms with Gasteiger partial charge in [0.2, 0.25) is 5.91 Å². The van der Waals surface area contributed by atoms with Crippen LogP contribution in [0.2, 0.25) is 0 Å². The van der Waals surface area contributed by atoms with E-state index in [9.17, 15) is 19.4 Å². The van der Waals surface area contributed by atoms with Crippen LogP contribution >= 0.6 is 7.82 Å². The number of rotatable bonds is 36. The fourth-order valence-electron chi connectivity index (χ4n) is 5.59. The molecule has 278 valence electrons. The van der Waals surface area contributed by atoms with Gasteiger partial charge in [0.05, 0.1) is 25.4 Å². The highest BCUT2D eigenvalue weighted by atomic mass is 31.2. The minimum Gasteiger partial charge on any atom is -0.391 e. The van der Waals surface area contributed by atoms with Gasteiger partial charge in [-0.05, 0) is 38.5 Å². The maximum Gasteiger partial charge on any atom is 0.472 e. The van der Waals surface area contributed by atoms with Gasteiger partial charge in [-0.3, -0.25) is 13.8 Å². The van der Waals surface area contributed by atoms with Crippen LogP contribution in [0.4, 0.5) is 0 Å². The van der Waals surface area contributed by atoms with Crippen molar-refractivity contribution in [2.24, 2.45) is 5.73 Å². The highest BCUT2D eigenvalue weighted by molar-refractivity contribution is 7.47. The average Bonchev–Trinajstić information content (AvgIpc) is 3.05. The molecule has 0 bridgehead atoms. The van der Waals surface area contributed by atoms with Gasteiger partial charge in [0.15, 0.2) is 0 Å². The van der Waals surface area contributed by atoms with Gasteiger partial charge in [-0.25, -0.2) is 4.57 Å². The Balaban J connectivity index is 4.25. The fourth-order valence-corrected chi connectivity index (χ4v) is 6.34. The molecule has 0 aromatic heterocycles. The van der Waals surface area contributed by atoms with Crippen LogP contribution in [0.5, 0.6) is 0 Å². The van der Waals surface area contributed by atoms with Crippen molar-refractivity contribution in [1.82, 2.24) is 5.32 Å². The number of allylic oxidation sites excluding steroid dienone is 4. The van der Waals surface area contributed by atoms with Gasteiger partial charge in [0, 0.05) is 13.0 Å². The van der Waals surface area contributed by atoms with Crippen molar-refractivity contribution in [3.8, 4) is 0 Å². The van der Waals surface area contributed by atoms with E-state index in [1.165, 1.54) is 83.5 Å². The summed E-state index contributed by atoms with van der Waals surface area (Å²) in [6.45, 7) is 4.12. The fraction of sp³-hybridized carbons (Fsp3) is 0.868. The van der Waals surface area contributed by atoms with Crippen molar-refractivity contribution in [2.75, 3.05) is 19.8 Å². The minimum absolute atomic E-state index is 0.0866. The molecule has 0 fully saturated rings. The summed E-state index contributed by atoms with van der Waals surface area (Å²) in [5, 5.41) is 13.7. The molecular formula is C38H75N2O6P. The molecule has 9 heteroatoms. The number of amides is 1. The number of nitrogens with two attached hydrogens (primary N) is 1. The quantitative estimate of drug-likeness (QED) is 0.0293. The summed E-state index contributed by atoms with van der Waals surface area (Å²) >= 11 is 0. The van der Waals surface area contributed by atoms with Crippen LogP contribution in [-0.4, -0.2) is 47.8 Å². The van der Waals surface area contributed by atoms with Crippen LogP contribution in [0, 0.1) is 0 Å². The van der Waals surface area contributed by atoms with E-state index in [1.807, 2.05) is 0 Å². The summed E-state index contributed by atoms with van der Waals surface area (Å²) < 4.78 is 22.1. The molecule has 0 aromatic rings. The molecule has 0 aromatic carbocycles. The largest absolute Gasteiger partial charge is 0.472 e. The van der Waals surface area contributed by atoms with E-state index < -0.39 is 20.0 Å². The Morgan fingerprint density at radius 3 is 1.77 bits per heavy atom. The SMILES string of the molecule is CCC/C=C\C/C=C\CCCCCCCC(=O)NC(COP(=O)(O)OCCN)C(O)CCCCCCCCCCCCCCCCC. The third kappa shape index (κ3) is 33.3. The van der Waals surface area contributed by atoms with Crippen LogP contribution in [0.15, 0.2) is 24.3 Å². The predicted molar refractivity (Wildman–Crippen MR) is 198 cm³/mol. The first-order valence-corrected chi connectivity index (χ1v) is 20.9. The molecule has 0 aliphatic carbocycles. The molecule has 8 nitrogen and oxygen atoms in total. The van der Waals surface area contributed by atoms with Crippen molar-refractivity contribution in [1.29, 1.82) is 0 Å². The summed E-state index contributed by atoms with van der Waals surface area (Å²) in [7, 11) is -4.31. The van der Waals surface area contributed by atoms with E-state index in [-0.39, 0.29) is 25.7 Å². The molecule has 0 rings (SSSR count). The van der Waals surface area contributed by atoms with Crippen LogP contribution < -0.4 is 11.1 Å². The van der Waals surface area contributed by atoms with Crippen molar-refractivity contribution in [3.63, 3.8) is 0 Å².